The zero-order valence-corrected chi connectivity index (χ0v) is 8.52. The fourth-order valence-corrected chi connectivity index (χ4v) is 2.81. The minimum Gasteiger partial charge on any atom is -0.298 e. The highest BCUT2D eigenvalue weighted by molar-refractivity contribution is 7.10. The Bertz CT molecular complexity index is 348. The predicted molar refractivity (Wildman–Crippen MR) is 53.7 cm³/mol. The first-order chi connectivity index (χ1) is 6.35. The zero-order chi connectivity index (χ0) is 9.26. The zero-order valence-electron chi connectivity index (χ0n) is 7.71. The summed E-state index contributed by atoms with van der Waals surface area (Å²) in [7, 11) is 0. The summed E-state index contributed by atoms with van der Waals surface area (Å²) >= 11 is 1.73. The maximum Gasteiger partial charge on any atom is 0.100 e. The van der Waals surface area contributed by atoms with Gasteiger partial charge in [-0.2, -0.15) is 5.26 Å². The molecule has 0 fully saturated rings. The molecule has 13 heavy (non-hydrogen) atoms. The average Bonchev–Trinajstić information content (AvgIpc) is 2.59. The highest BCUT2D eigenvalue weighted by Gasteiger charge is 2.19. The third kappa shape index (κ3) is 1.48. The Morgan fingerprint density at radius 3 is 3.23 bits per heavy atom. The first-order valence-electron chi connectivity index (χ1n) is 4.57. The molecular weight excluding hydrogens is 180 g/mol. The van der Waals surface area contributed by atoms with E-state index in [0.29, 0.717) is 0 Å². The van der Waals surface area contributed by atoms with Gasteiger partial charge < -0.3 is 0 Å². The summed E-state index contributed by atoms with van der Waals surface area (Å²) in [6, 6.07) is 2.26. The minimum absolute atomic E-state index is 0.899. The number of rotatable bonds is 1. The van der Waals surface area contributed by atoms with Crippen molar-refractivity contribution in [1.29, 1.82) is 5.26 Å². The lowest BCUT2D eigenvalue weighted by molar-refractivity contribution is 0.271. The summed E-state index contributed by atoms with van der Waals surface area (Å²) in [5.41, 5.74) is 2.20. The molecule has 1 aromatic heterocycles. The Morgan fingerprint density at radius 2 is 2.54 bits per heavy atom. The summed E-state index contributed by atoms with van der Waals surface area (Å²) in [5, 5.41) is 10.8. The number of likely N-dealkylation sites (N-methyl/N-ethyl adjacent to an activating group) is 1. The summed E-state index contributed by atoms with van der Waals surface area (Å²) in [6.45, 7) is 5.44. The molecule has 0 radical (unpaired) electrons. The highest BCUT2D eigenvalue weighted by Crippen LogP contribution is 2.27. The summed E-state index contributed by atoms with van der Waals surface area (Å²) < 4.78 is 0. The average molecular weight is 192 g/mol. The van der Waals surface area contributed by atoms with Crippen LogP contribution in [0.25, 0.3) is 0 Å². The molecule has 0 saturated carbocycles. The van der Waals surface area contributed by atoms with Crippen LogP contribution in [0.1, 0.15) is 22.9 Å². The van der Waals surface area contributed by atoms with Crippen LogP contribution in [0.2, 0.25) is 0 Å². The van der Waals surface area contributed by atoms with Crippen molar-refractivity contribution in [2.24, 2.45) is 0 Å². The fourth-order valence-electron chi connectivity index (χ4n) is 1.75. The van der Waals surface area contributed by atoms with Crippen molar-refractivity contribution in [1.82, 2.24) is 4.90 Å². The molecule has 1 aromatic rings. The largest absolute Gasteiger partial charge is 0.298 e. The molecule has 2 rings (SSSR count). The van der Waals surface area contributed by atoms with Gasteiger partial charge in [-0.25, -0.2) is 0 Å². The van der Waals surface area contributed by atoms with Gasteiger partial charge in [0.25, 0.3) is 0 Å². The van der Waals surface area contributed by atoms with Crippen LogP contribution in [0.5, 0.6) is 0 Å². The molecule has 0 unspecified atom stereocenters. The monoisotopic (exact) mass is 192 g/mol. The number of thiophene rings is 1. The topological polar surface area (TPSA) is 27.0 Å². The van der Waals surface area contributed by atoms with Gasteiger partial charge >= 0.3 is 0 Å². The molecule has 0 aliphatic carbocycles. The van der Waals surface area contributed by atoms with Crippen molar-refractivity contribution in [3.05, 3.63) is 21.4 Å². The smallest absolute Gasteiger partial charge is 0.100 e. The SMILES string of the molecule is CCN1CCc2c(C#N)csc2C1. The standard InChI is InChI=1S/C10H12N2S/c1-2-12-4-3-9-8(5-11)7-13-10(9)6-12/h7H,2-4,6H2,1H3. The molecule has 3 heteroatoms. The van der Waals surface area contributed by atoms with E-state index in [1.165, 1.54) is 10.4 Å². The number of fused-ring (bicyclic) bond motifs is 1. The maximum atomic E-state index is 8.85. The van der Waals surface area contributed by atoms with Crippen molar-refractivity contribution >= 4 is 11.3 Å². The van der Waals surface area contributed by atoms with Gasteiger partial charge in [0.15, 0.2) is 0 Å². The normalized spacial score (nSPS) is 16.6. The summed E-state index contributed by atoms with van der Waals surface area (Å²) in [6.07, 6.45) is 1.05. The van der Waals surface area contributed by atoms with E-state index in [9.17, 15) is 0 Å². The van der Waals surface area contributed by atoms with Crippen LogP contribution in [0.4, 0.5) is 0 Å². The Balaban J connectivity index is 2.29. The number of hydrogen-bond donors (Lipinski definition) is 0. The van der Waals surface area contributed by atoms with Crippen molar-refractivity contribution in [2.75, 3.05) is 13.1 Å². The molecule has 2 heterocycles. The molecule has 0 saturated heterocycles. The molecule has 1 aliphatic heterocycles. The van der Waals surface area contributed by atoms with E-state index in [4.69, 9.17) is 5.26 Å². The molecule has 0 amide bonds. The van der Waals surface area contributed by atoms with Crippen molar-refractivity contribution in [3.8, 4) is 6.07 Å². The fraction of sp³-hybridized carbons (Fsp3) is 0.500. The van der Waals surface area contributed by atoms with E-state index in [1.54, 1.807) is 11.3 Å². The second-order valence-corrected chi connectivity index (χ2v) is 4.25. The number of nitriles is 1. The highest BCUT2D eigenvalue weighted by atomic mass is 32.1. The van der Waals surface area contributed by atoms with Gasteiger partial charge in [0, 0.05) is 23.3 Å². The van der Waals surface area contributed by atoms with Crippen LogP contribution in [0, 0.1) is 11.3 Å². The summed E-state index contributed by atoms with van der Waals surface area (Å²) in [4.78, 5) is 3.81. The molecule has 0 aromatic carbocycles. The second kappa shape index (κ2) is 3.49. The van der Waals surface area contributed by atoms with Crippen molar-refractivity contribution in [2.45, 2.75) is 19.9 Å². The van der Waals surface area contributed by atoms with E-state index in [1.807, 2.05) is 5.38 Å². The first kappa shape index (κ1) is 8.74. The van der Waals surface area contributed by atoms with Gasteiger partial charge in [-0.15, -0.1) is 11.3 Å². The molecule has 68 valence electrons. The Kier molecular flexibility index (Phi) is 2.34. The van der Waals surface area contributed by atoms with E-state index in [0.717, 1.165) is 31.6 Å². The van der Waals surface area contributed by atoms with E-state index < -0.39 is 0 Å². The second-order valence-electron chi connectivity index (χ2n) is 3.28. The third-order valence-corrected chi connectivity index (χ3v) is 3.61. The Hall–Kier alpha value is -0.850. The first-order valence-corrected chi connectivity index (χ1v) is 5.44. The van der Waals surface area contributed by atoms with Crippen molar-refractivity contribution in [3.63, 3.8) is 0 Å². The van der Waals surface area contributed by atoms with E-state index in [2.05, 4.69) is 17.9 Å². The van der Waals surface area contributed by atoms with Crippen LogP contribution in [0.15, 0.2) is 5.38 Å². The van der Waals surface area contributed by atoms with Crippen molar-refractivity contribution < 1.29 is 0 Å². The van der Waals surface area contributed by atoms with Crippen LogP contribution in [-0.2, 0) is 13.0 Å². The van der Waals surface area contributed by atoms with Crippen LogP contribution < -0.4 is 0 Å². The minimum atomic E-state index is 0.899. The molecule has 0 atom stereocenters. The van der Waals surface area contributed by atoms with Gasteiger partial charge in [0.1, 0.15) is 6.07 Å². The number of nitrogens with zero attached hydrogens (tertiary/aromatic N) is 2. The molecule has 0 spiro atoms. The van der Waals surface area contributed by atoms with E-state index >= 15 is 0 Å². The lowest BCUT2D eigenvalue weighted by Gasteiger charge is -2.25. The summed E-state index contributed by atoms with van der Waals surface area (Å²) in [5.74, 6) is 0. The van der Waals surface area contributed by atoms with Crippen LogP contribution in [-0.4, -0.2) is 18.0 Å². The maximum absolute atomic E-state index is 8.85. The molecule has 0 N–H and O–H groups in total. The third-order valence-electron chi connectivity index (χ3n) is 2.59. The molecule has 0 bridgehead atoms. The molecular formula is C10H12N2S. The Labute approximate surface area is 82.4 Å². The lowest BCUT2D eigenvalue weighted by Crippen LogP contribution is -2.29. The van der Waals surface area contributed by atoms with Gasteiger partial charge in [-0.1, -0.05) is 6.92 Å². The van der Waals surface area contributed by atoms with Gasteiger partial charge in [0.2, 0.25) is 0 Å². The Morgan fingerprint density at radius 1 is 1.69 bits per heavy atom. The number of hydrogen-bond acceptors (Lipinski definition) is 3. The molecule has 1 aliphatic rings. The van der Waals surface area contributed by atoms with Gasteiger partial charge in [0.05, 0.1) is 5.56 Å². The predicted octanol–water partition coefficient (Wildman–Crippen LogP) is 2.00. The van der Waals surface area contributed by atoms with Gasteiger partial charge in [-0.05, 0) is 18.5 Å². The van der Waals surface area contributed by atoms with Gasteiger partial charge in [-0.3, -0.25) is 4.90 Å². The molecule has 2 nitrogen and oxygen atoms in total. The lowest BCUT2D eigenvalue weighted by atomic mass is 10.0. The van der Waals surface area contributed by atoms with Crippen LogP contribution in [0.3, 0.4) is 0 Å². The quantitative estimate of drug-likeness (QED) is 0.680. The van der Waals surface area contributed by atoms with Crippen LogP contribution >= 0.6 is 11.3 Å². The van der Waals surface area contributed by atoms with E-state index in [-0.39, 0.29) is 0 Å².